The predicted molar refractivity (Wildman–Crippen MR) is 82.6 cm³/mol. The molecule has 1 aliphatic rings. The molecule has 8 nitrogen and oxygen atoms in total. The fraction of sp³-hybridized carbons (Fsp3) is 0.375. The Labute approximate surface area is 138 Å². The van der Waals surface area contributed by atoms with Gasteiger partial charge in [-0.25, -0.2) is 0 Å². The number of aromatic nitrogens is 2. The van der Waals surface area contributed by atoms with E-state index in [2.05, 4.69) is 15.5 Å². The lowest BCUT2D eigenvalue weighted by Crippen LogP contribution is -2.52. The van der Waals surface area contributed by atoms with Crippen molar-refractivity contribution in [3.63, 3.8) is 0 Å². The highest BCUT2D eigenvalue weighted by Crippen LogP contribution is 2.23. The van der Waals surface area contributed by atoms with Crippen molar-refractivity contribution in [1.82, 2.24) is 20.4 Å². The van der Waals surface area contributed by atoms with Crippen LogP contribution in [0.25, 0.3) is 0 Å². The van der Waals surface area contributed by atoms with Crippen molar-refractivity contribution in [1.29, 1.82) is 0 Å². The van der Waals surface area contributed by atoms with Crippen LogP contribution in [0, 0.1) is 6.92 Å². The smallest absolute Gasteiger partial charge is 0.254 e. The van der Waals surface area contributed by atoms with Gasteiger partial charge in [0.25, 0.3) is 5.91 Å². The number of hydrogen-bond acceptors (Lipinski definition) is 6. The van der Waals surface area contributed by atoms with Gasteiger partial charge in [0.2, 0.25) is 5.91 Å². The van der Waals surface area contributed by atoms with E-state index in [9.17, 15) is 9.59 Å². The van der Waals surface area contributed by atoms with Crippen LogP contribution in [-0.2, 0) is 20.9 Å². The summed E-state index contributed by atoms with van der Waals surface area (Å²) in [6.07, 6.45) is 2.42. The maximum atomic E-state index is 12.8. The van der Waals surface area contributed by atoms with Crippen LogP contribution in [0.1, 0.15) is 23.1 Å². The Kier molecular flexibility index (Phi) is 4.57. The van der Waals surface area contributed by atoms with Gasteiger partial charge < -0.3 is 19.5 Å². The third-order valence-corrected chi connectivity index (χ3v) is 3.75. The molecular weight excluding hydrogens is 312 g/mol. The van der Waals surface area contributed by atoms with E-state index in [1.165, 1.54) is 4.90 Å². The average Bonchev–Trinajstić information content (AvgIpc) is 3.00. The molecule has 3 heterocycles. The van der Waals surface area contributed by atoms with Gasteiger partial charge in [-0.15, -0.1) is 0 Å². The maximum absolute atomic E-state index is 12.8. The molecule has 0 aromatic carbocycles. The first kappa shape index (κ1) is 16.1. The van der Waals surface area contributed by atoms with Gasteiger partial charge in [0.15, 0.2) is 11.9 Å². The van der Waals surface area contributed by atoms with Crippen LogP contribution in [0.5, 0.6) is 0 Å². The Morgan fingerprint density at radius 3 is 3.00 bits per heavy atom. The number of pyridine rings is 1. The topological polar surface area (TPSA) is 97.6 Å². The number of likely N-dealkylation sites (N-methyl/N-ethyl adjacent to an activating group) is 1. The van der Waals surface area contributed by atoms with Crippen LogP contribution in [0.2, 0.25) is 0 Å². The fourth-order valence-electron chi connectivity index (χ4n) is 2.60. The van der Waals surface area contributed by atoms with Crippen LogP contribution in [0.15, 0.2) is 35.1 Å². The third kappa shape index (κ3) is 3.43. The summed E-state index contributed by atoms with van der Waals surface area (Å²) in [6.45, 7) is 1.93. The molecule has 0 saturated carbocycles. The van der Waals surface area contributed by atoms with Gasteiger partial charge in [-0.3, -0.25) is 14.6 Å². The number of amides is 2. The highest BCUT2D eigenvalue weighted by Gasteiger charge is 2.37. The number of ether oxygens (including phenoxy) is 1. The summed E-state index contributed by atoms with van der Waals surface area (Å²) in [6, 6.07) is 4.74. The molecule has 0 bridgehead atoms. The van der Waals surface area contributed by atoms with Crippen LogP contribution >= 0.6 is 0 Å². The number of nitrogens with one attached hydrogen (secondary N) is 1. The second-order valence-corrected chi connectivity index (χ2v) is 5.69. The summed E-state index contributed by atoms with van der Waals surface area (Å²) >= 11 is 0. The van der Waals surface area contributed by atoms with Crippen molar-refractivity contribution >= 4 is 11.8 Å². The number of morpholine rings is 1. The zero-order valence-electron chi connectivity index (χ0n) is 13.4. The molecule has 1 saturated heterocycles. The minimum atomic E-state index is -0.819. The molecule has 24 heavy (non-hydrogen) atoms. The largest absolute Gasteiger partial charge is 0.359 e. The molecule has 0 radical (unpaired) electrons. The Hall–Kier alpha value is -2.74. The Balaban J connectivity index is 1.76. The summed E-state index contributed by atoms with van der Waals surface area (Å²) in [5.41, 5.74) is 1.47. The van der Waals surface area contributed by atoms with Crippen LogP contribution in [0.3, 0.4) is 0 Å². The summed E-state index contributed by atoms with van der Waals surface area (Å²) in [5.74, 6) is 0.0699. The van der Waals surface area contributed by atoms with Crippen LogP contribution in [-0.4, -0.2) is 46.6 Å². The van der Waals surface area contributed by atoms with E-state index < -0.39 is 12.1 Å². The van der Waals surface area contributed by atoms with Gasteiger partial charge in [0, 0.05) is 25.5 Å². The molecule has 8 heteroatoms. The minimum Gasteiger partial charge on any atom is -0.359 e. The van der Waals surface area contributed by atoms with E-state index in [-0.39, 0.29) is 25.0 Å². The molecule has 0 aliphatic carbocycles. The van der Waals surface area contributed by atoms with Crippen LogP contribution in [0.4, 0.5) is 0 Å². The number of aryl methyl sites for hydroxylation is 1. The van der Waals surface area contributed by atoms with Crippen molar-refractivity contribution in [2.45, 2.75) is 25.6 Å². The number of carbonyl (C=O) groups excluding carboxylic acids is 2. The molecule has 1 aliphatic heterocycles. The van der Waals surface area contributed by atoms with Gasteiger partial charge in [-0.05, 0) is 18.6 Å². The first-order chi connectivity index (χ1) is 11.5. The standard InChI is InChI=1S/C16H18N4O4/c1-10-6-12(24-19-10)8-20(2)16(22)15-14(18-13(21)9-23-15)11-4-3-5-17-7-11/h3-7,14-15H,8-9H2,1-2H3,(H,18,21)/t14-,15+/m1/s1. The monoisotopic (exact) mass is 330 g/mol. The summed E-state index contributed by atoms with van der Waals surface area (Å²) in [7, 11) is 1.65. The van der Waals surface area contributed by atoms with E-state index in [4.69, 9.17) is 9.26 Å². The third-order valence-electron chi connectivity index (χ3n) is 3.75. The highest BCUT2D eigenvalue weighted by atomic mass is 16.5. The normalized spacial score (nSPS) is 20.5. The summed E-state index contributed by atoms with van der Waals surface area (Å²) < 4.78 is 10.6. The van der Waals surface area contributed by atoms with Crippen molar-refractivity contribution in [3.05, 3.63) is 47.6 Å². The first-order valence-corrected chi connectivity index (χ1v) is 7.52. The second-order valence-electron chi connectivity index (χ2n) is 5.69. The lowest BCUT2D eigenvalue weighted by molar-refractivity contribution is -0.154. The first-order valence-electron chi connectivity index (χ1n) is 7.52. The van der Waals surface area contributed by atoms with Gasteiger partial charge in [-0.1, -0.05) is 11.2 Å². The summed E-state index contributed by atoms with van der Waals surface area (Å²) in [5, 5.41) is 6.60. The number of rotatable bonds is 4. The van der Waals surface area contributed by atoms with Crippen molar-refractivity contribution in [2.24, 2.45) is 0 Å². The maximum Gasteiger partial charge on any atom is 0.254 e. The molecule has 0 unspecified atom stereocenters. The lowest BCUT2D eigenvalue weighted by atomic mass is 10.0. The Morgan fingerprint density at radius 1 is 1.50 bits per heavy atom. The molecule has 126 valence electrons. The molecule has 0 spiro atoms. The number of carbonyl (C=O) groups is 2. The minimum absolute atomic E-state index is 0.150. The van der Waals surface area contributed by atoms with Crippen LogP contribution < -0.4 is 5.32 Å². The van der Waals surface area contributed by atoms with Crippen molar-refractivity contribution in [2.75, 3.05) is 13.7 Å². The quantitative estimate of drug-likeness (QED) is 0.881. The molecule has 2 amide bonds. The molecule has 2 aromatic rings. The average molecular weight is 330 g/mol. The SMILES string of the molecule is Cc1cc(CN(C)C(=O)[C@H]2OCC(=O)N[C@@H]2c2cccnc2)on1. The predicted octanol–water partition coefficient (Wildman–Crippen LogP) is 0.593. The molecule has 2 aromatic heterocycles. The molecule has 3 rings (SSSR count). The van der Waals surface area contributed by atoms with E-state index in [1.54, 1.807) is 37.6 Å². The van der Waals surface area contributed by atoms with Gasteiger partial charge in [0.1, 0.15) is 6.61 Å². The van der Waals surface area contributed by atoms with Gasteiger partial charge in [-0.2, -0.15) is 0 Å². The fourth-order valence-corrected chi connectivity index (χ4v) is 2.60. The van der Waals surface area contributed by atoms with E-state index >= 15 is 0 Å². The van der Waals surface area contributed by atoms with Gasteiger partial charge >= 0.3 is 0 Å². The Bertz CT molecular complexity index is 731. The number of hydrogen-bond donors (Lipinski definition) is 1. The van der Waals surface area contributed by atoms with Crippen molar-refractivity contribution < 1.29 is 18.8 Å². The zero-order chi connectivity index (χ0) is 17.1. The second kappa shape index (κ2) is 6.79. The molecule has 1 fully saturated rings. The molecular formula is C16H18N4O4. The van der Waals surface area contributed by atoms with Crippen molar-refractivity contribution in [3.8, 4) is 0 Å². The lowest BCUT2D eigenvalue weighted by Gasteiger charge is -2.33. The molecule has 2 atom stereocenters. The Morgan fingerprint density at radius 2 is 2.33 bits per heavy atom. The highest BCUT2D eigenvalue weighted by molar-refractivity contribution is 5.86. The van der Waals surface area contributed by atoms with E-state index in [0.717, 1.165) is 5.69 Å². The number of nitrogens with zero attached hydrogens (tertiary/aromatic N) is 3. The summed E-state index contributed by atoms with van der Waals surface area (Å²) in [4.78, 5) is 30.0. The van der Waals surface area contributed by atoms with Gasteiger partial charge in [0.05, 0.1) is 18.3 Å². The molecule has 1 N–H and O–H groups in total. The van der Waals surface area contributed by atoms with E-state index in [1.807, 2.05) is 6.92 Å². The van der Waals surface area contributed by atoms with E-state index in [0.29, 0.717) is 11.3 Å². The zero-order valence-corrected chi connectivity index (χ0v) is 13.4.